The molecule has 0 saturated heterocycles. The summed E-state index contributed by atoms with van der Waals surface area (Å²) in [7, 11) is -4.70. The molecule has 0 atom stereocenters. The van der Waals surface area contributed by atoms with E-state index in [-0.39, 0.29) is 57.9 Å². The molecule has 10 heteroatoms. The molecule has 0 bridgehead atoms. The molecule has 7 nitrogen and oxygen atoms in total. The van der Waals surface area contributed by atoms with Crippen molar-refractivity contribution in [2.24, 2.45) is 0 Å². The van der Waals surface area contributed by atoms with Crippen LogP contribution in [0.2, 0.25) is 0 Å². The Morgan fingerprint density at radius 3 is 2.60 bits per heavy atom. The minimum absolute atomic E-state index is 0. The molecule has 0 aliphatic rings. The quantitative estimate of drug-likeness (QED) is 0.534. The Balaban J connectivity index is 0.00000225. The van der Waals surface area contributed by atoms with E-state index >= 15 is 0 Å². The average Bonchev–Trinajstić information content (AvgIpc) is 2.91. The molecular weight excluding hydrogens is 364 g/mol. The maximum absolute atomic E-state index is 13.5. The summed E-state index contributed by atoms with van der Waals surface area (Å²) in [6.45, 7) is 3.58. The van der Waals surface area contributed by atoms with E-state index < -0.39 is 22.0 Å². The summed E-state index contributed by atoms with van der Waals surface area (Å²) in [6.07, 6.45) is 1.38. The molecular formula is C15H10FNNaO6S. The number of oxazole rings is 1. The number of phenolic OH excluding ortho intramolecular Hbond substituents is 1. The maximum atomic E-state index is 13.5. The Morgan fingerprint density at radius 2 is 2.00 bits per heavy atom. The van der Waals surface area contributed by atoms with Crippen molar-refractivity contribution in [2.75, 3.05) is 0 Å². The van der Waals surface area contributed by atoms with E-state index in [1.54, 1.807) is 0 Å². The van der Waals surface area contributed by atoms with Gasteiger partial charge in [-0.15, -0.1) is 0 Å². The molecule has 125 valence electrons. The summed E-state index contributed by atoms with van der Waals surface area (Å²) in [5.74, 6) is -1.48. The first-order valence-corrected chi connectivity index (χ1v) is 7.86. The largest absolute Gasteiger partial charge is 0.505 e. The van der Waals surface area contributed by atoms with E-state index in [1.807, 2.05) is 0 Å². The Kier molecular flexibility index (Phi) is 5.55. The monoisotopic (exact) mass is 374 g/mol. The summed E-state index contributed by atoms with van der Waals surface area (Å²) in [5.41, 5.74) is 1.13. The van der Waals surface area contributed by atoms with E-state index in [1.165, 1.54) is 24.3 Å². The molecule has 0 aliphatic heterocycles. The van der Waals surface area contributed by atoms with E-state index in [0.717, 1.165) is 12.1 Å². The molecule has 1 heterocycles. The predicted molar refractivity (Wildman–Crippen MR) is 89.1 cm³/mol. The molecule has 3 aromatic rings. The van der Waals surface area contributed by atoms with Crippen LogP contribution in [0.5, 0.6) is 11.5 Å². The van der Waals surface area contributed by atoms with Crippen molar-refractivity contribution >= 4 is 57.1 Å². The third-order valence-corrected chi connectivity index (χ3v) is 3.51. The number of fused-ring (bicyclic) bond motifs is 1. The van der Waals surface area contributed by atoms with Gasteiger partial charge in [-0.2, -0.15) is 8.42 Å². The molecule has 1 aromatic heterocycles. The van der Waals surface area contributed by atoms with Crippen LogP contribution in [0.3, 0.4) is 0 Å². The first kappa shape index (κ1) is 19.4. The second-order valence-electron chi connectivity index (χ2n) is 4.76. The third-order valence-electron chi connectivity index (χ3n) is 3.11. The van der Waals surface area contributed by atoms with Gasteiger partial charge in [-0.3, -0.25) is 4.55 Å². The number of halogens is 1. The fourth-order valence-electron chi connectivity index (χ4n) is 2.12. The van der Waals surface area contributed by atoms with Gasteiger partial charge in [0, 0.05) is 46.8 Å². The fourth-order valence-corrected chi connectivity index (χ4v) is 2.46. The third kappa shape index (κ3) is 4.20. The molecule has 0 fully saturated rings. The minimum atomic E-state index is -4.70. The van der Waals surface area contributed by atoms with Crippen molar-refractivity contribution in [1.29, 1.82) is 0 Å². The topological polar surface area (TPSA) is 110 Å². The van der Waals surface area contributed by atoms with Gasteiger partial charge in [-0.1, -0.05) is 12.7 Å². The Bertz CT molecular complexity index is 1060. The summed E-state index contributed by atoms with van der Waals surface area (Å²) >= 11 is 0. The van der Waals surface area contributed by atoms with Gasteiger partial charge in [-0.25, -0.2) is 9.37 Å². The summed E-state index contributed by atoms with van der Waals surface area (Å²) < 4.78 is 53.9. The summed E-state index contributed by atoms with van der Waals surface area (Å²) in [6, 6.07) is 6.13. The molecule has 2 N–H and O–H groups in total. The van der Waals surface area contributed by atoms with E-state index in [4.69, 9.17) is 8.97 Å². The first-order valence-electron chi connectivity index (χ1n) is 6.49. The number of hydrogen-bond donors (Lipinski definition) is 2. The Morgan fingerprint density at radius 1 is 1.28 bits per heavy atom. The number of aromatic hydroxyl groups is 1. The summed E-state index contributed by atoms with van der Waals surface area (Å²) in [5, 5.41) is 9.22. The van der Waals surface area contributed by atoms with E-state index in [9.17, 15) is 17.9 Å². The summed E-state index contributed by atoms with van der Waals surface area (Å²) in [4.78, 5) is 4.13. The van der Waals surface area contributed by atoms with Gasteiger partial charge in [0.1, 0.15) is 11.3 Å². The maximum Gasteiger partial charge on any atom is 0.446 e. The van der Waals surface area contributed by atoms with Crippen LogP contribution in [-0.4, -0.2) is 52.6 Å². The Hall–Kier alpha value is -1.91. The van der Waals surface area contributed by atoms with Gasteiger partial charge < -0.3 is 13.7 Å². The molecule has 0 unspecified atom stereocenters. The van der Waals surface area contributed by atoms with Crippen LogP contribution >= 0.6 is 0 Å². The molecule has 1 radical (unpaired) electrons. The van der Waals surface area contributed by atoms with Crippen molar-refractivity contribution in [1.82, 2.24) is 4.98 Å². The number of nitrogens with zero attached hydrogens (tertiary/aromatic N) is 1. The fraction of sp³-hybridized carbons (Fsp3) is 0. The van der Waals surface area contributed by atoms with Gasteiger partial charge >= 0.3 is 10.4 Å². The minimum Gasteiger partial charge on any atom is -0.505 e. The van der Waals surface area contributed by atoms with Crippen molar-refractivity contribution in [2.45, 2.75) is 0 Å². The molecule has 0 amide bonds. The van der Waals surface area contributed by atoms with E-state index in [0.29, 0.717) is 5.56 Å². The Labute approximate surface area is 164 Å². The standard InChI is InChI=1S/C15H10FNO6S.Na/c1-2-8-5-10(23-24(19,20)21)7-12-14(8)22-15(17-12)9-3-4-13(18)11(16)6-9;/h2-7,18H,1H2,(H,19,20,21);. The number of phenols is 1. The smallest absolute Gasteiger partial charge is 0.446 e. The van der Waals surface area contributed by atoms with E-state index in [2.05, 4.69) is 15.7 Å². The van der Waals surface area contributed by atoms with Gasteiger partial charge in [0.05, 0.1) is 0 Å². The molecule has 2 aromatic carbocycles. The number of benzene rings is 2. The van der Waals surface area contributed by atoms with Gasteiger partial charge in [0.25, 0.3) is 0 Å². The van der Waals surface area contributed by atoms with Crippen LogP contribution in [0.25, 0.3) is 28.6 Å². The molecule has 0 saturated carbocycles. The van der Waals surface area contributed by atoms with Crippen LogP contribution in [0, 0.1) is 5.82 Å². The zero-order valence-corrected chi connectivity index (χ0v) is 15.7. The zero-order valence-electron chi connectivity index (χ0n) is 12.9. The first-order chi connectivity index (χ1) is 11.3. The second kappa shape index (κ2) is 7.14. The van der Waals surface area contributed by atoms with Crippen LogP contribution in [-0.2, 0) is 10.4 Å². The van der Waals surface area contributed by atoms with Crippen molar-refractivity contribution in [3.8, 4) is 23.0 Å². The van der Waals surface area contributed by atoms with Crippen molar-refractivity contribution in [3.63, 3.8) is 0 Å². The second-order valence-corrected chi connectivity index (χ2v) is 5.78. The van der Waals surface area contributed by atoms with Gasteiger partial charge in [0.2, 0.25) is 5.89 Å². The van der Waals surface area contributed by atoms with Crippen LogP contribution in [0.1, 0.15) is 5.56 Å². The predicted octanol–water partition coefficient (Wildman–Crippen LogP) is 2.78. The molecule has 0 aliphatic carbocycles. The number of hydrogen-bond acceptors (Lipinski definition) is 6. The van der Waals surface area contributed by atoms with Gasteiger partial charge in [0.15, 0.2) is 17.1 Å². The molecule has 0 spiro atoms. The van der Waals surface area contributed by atoms with Crippen LogP contribution in [0.4, 0.5) is 4.39 Å². The number of rotatable bonds is 4. The van der Waals surface area contributed by atoms with Crippen LogP contribution in [0.15, 0.2) is 41.3 Å². The van der Waals surface area contributed by atoms with Crippen molar-refractivity contribution < 1.29 is 31.1 Å². The number of aromatic nitrogens is 1. The molecule has 25 heavy (non-hydrogen) atoms. The normalized spacial score (nSPS) is 11.1. The molecule has 3 rings (SSSR count). The zero-order chi connectivity index (χ0) is 17.5. The van der Waals surface area contributed by atoms with Gasteiger partial charge in [-0.05, 0) is 24.3 Å². The SMILES string of the molecule is C=Cc1cc(OS(=O)(=O)O)cc2nc(-c3ccc(O)c(F)c3)oc12.[Na]. The average molecular weight is 374 g/mol. The van der Waals surface area contributed by atoms with Crippen LogP contribution < -0.4 is 4.18 Å². The van der Waals surface area contributed by atoms with Crippen molar-refractivity contribution in [3.05, 3.63) is 48.3 Å².